The lowest BCUT2D eigenvalue weighted by molar-refractivity contribution is -0.117. The van der Waals surface area contributed by atoms with Gasteiger partial charge in [0.2, 0.25) is 5.91 Å². The molecule has 1 N–H and O–H groups in total. The highest BCUT2D eigenvalue weighted by Gasteiger charge is 2.26. The second kappa shape index (κ2) is 7.90. The lowest BCUT2D eigenvalue weighted by Crippen LogP contribution is -2.20. The third-order valence-electron chi connectivity index (χ3n) is 4.93. The number of carbonyl (C=O) groups is 4. The second-order valence-corrected chi connectivity index (χ2v) is 6.82. The molecule has 2 aromatic rings. The van der Waals surface area contributed by atoms with E-state index in [-0.39, 0.29) is 36.0 Å². The summed E-state index contributed by atoms with van der Waals surface area (Å²) in [6.45, 7) is 4.72. The summed E-state index contributed by atoms with van der Waals surface area (Å²) in [5, 5.41) is 0. The van der Waals surface area contributed by atoms with Gasteiger partial charge < -0.3 is 19.4 Å². The van der Waals surface area contributed by atoms with Crippen molar-refractivity contribution in [2.45, 2.75) is 27.2 Å². The summed E-state index contributed by atoms with van der Waals surface area (Å²) in [5.74, 6) is -1.66. The predicted molar refractivity (Wildman–Crippen MR) is 104 cm³/mol. The van der Waals surface area contributed by atoms with Crippen LogP contribution in [0.25, 0.3) is 0 Å². The Kier molecular flexibility index (Phi) is 5.54. The summed E-state index contributed by atoms with van der Waals surface area (Å²) in [6.07, 6.45) is 0.241. The first-order valence-corrected chi connectivity index (χ1v) is 9.20. The molecule has 0 radical (unpaired) electrons. The number of hydrogen-bond donors (Lipinski definition) is 1. The van der Waals surface area contributed by atoms with Gasteiger partial charge in [-0.1, -0.05) is 0 Å². The highest BCUT2D eigenvalue weighted by Crippen LogP contribution is 2.28. The van der Waals surface area contributed by atoms with Gasteiger partial charge in [-0.15, -0.1) is 0 Å². The maximum atomic E-state index is 12.5. The lowest BCUT2D eigenvalue weighted by Gasteiger charge is -2.10. The van der Waals surface area contributed by atoms with Crippen LogP contribution in [-0.4, -0.2) is 48.9 Å². The SMILES string of the molecule is CCOC(=O)c1[nH]c(C)c(C(=O)OCC(=O)c2ccc3c(c2)CC(=O)N3C)c1C. The number of aromatic amines is 1. The molecule has 0 saturated heterocycles. The van der Waals surface area contributed by atoms with Crippen molar-refractivity contribution in [1.82, 2.24) is 4.98 Å². The maximum absolute atomic E-state index is 12.5. The molecule has 1 amide bonds. The molecule has 0 fully saturated rings. The molecule has 1 aromatic heterocycles. The fraction of sp³-hybridized carbons (Fsp3) is 0.333. The number of ether oxygens (including phenoxy) is 2. The van der Waals surface area contributed by atoms with E-state index in [1.54, 1.807) is 50.9 Å². The highest BCUT2D eigenvalue weighted by molar-refractivity contribution is 6.04. The van der Waals surface area contributed by atoms with Crippen LogP contribution < -0.4 is 4.90 Å². The third-order valence-corrected chi connectivity index (χ3v) is 4.93. The van der Waals surface area contributed by atoms with Crippen molar-refractivity contribution in [1.29, 1.82) is 0 Å². The van der Waals surface area contributed by atoms with Crippen LogP contribution in [0.5, 0.6) is 0 Å². The number of fused-ring (bicyclic) bond motifs is 1. The van der Waals surface area contributed by atoms with Crippen molar-refractivity contribution < 1.29 is 28.7 Å². The molecule has 0 atom stereocenters. The highest BCUT2D eigenvalue weighted by atomic mass is 16.5. The zero-order chi connectivity index (χ0) is 21.3. The van der Waals surface area contributed by atoms with Crippen molar-refractivity contribution in [3.05, 3.63) is 51.8 Å². The zero-order valence-electron chi connectivity index (χ0n) is 16.8. The molecule has 1 aliphatic rings. The Morgan fingerprint density at radius 1 is 1.14 bits per heavy atom. The smallest absolute Gasteiger partial charge is 0.355 e. The van der Waals surface area contributed by atoms with Gasteiger partial charge in [0.05, 0.1) is 18.6 Å². The van der Waals surface area contributed by atoms with Crippen LogP contribution in [0.2, 0.25) is 0 Å². The summed E-state index contributed by atoms with van der Waals surface area (Å²) in [7, 11) is 1.68. The molecule has 1 aromatic carbocycles. The minimum absolute atomic E-state index is 0.0353. The minimum atomic E-state index is -0.698. The van der Waals surface area contributed by atoms with Gasteiger partial charge in [0.1, 0.15) is 5.69 Å². The molecule has 8 heteroatoms. The zero-order valence-corrected chi connectivity index (χ0v) is 16.8. The normalized spacial score (nSPS) is 12.7. The maximum Gasteiger partial charge on any atom is 0.355 e. The number of esters is 2. The van der Waals surface area contributed by atoms with E-state index < -0.39 is 18.5 Å². The number of nitrogens with one attached hydrogen (secondary N) is 1. The molecule has 8 nitrogen and oxygen atoms in total. The van der Waals surface area contributed by atoms with Crippen molar-refractivity contribution in [2.75, 3.05) is 25.2 Å². The van der Waals surface area contributed by atoms with Gasteiger partial charge in [-0.3, -0.25) is 9.59 Å². The Bertz CT molecular complexity index is 1020. The number of aromatic nitrogens is 1. The molecule has 0 spiro atoms. The topological polar surface area (TPSA) is 106 Å². The van der Waals surface area contributed by atoms with Gasteiger partial charge in [0, 0.05) is 24.0 Å². The van der Waals surface area contributed by atoms with Gasteiger partial charge in [-0.2, -0.15) is 0 Å². The summed E-state index contributed by atoms with van der Waals surface area (Å²) >= 11 is 0. The van der Waals surface area contributed by atoms with Crippen LogP contribution in [0.3, 0.4) is 0 Å². The molecular formula is C21H22N2O6. The number of aryl methyl sites for hydroxylation is 1. The van der Waals surface area contributed by atoms with E-state index in [1.807, 2.05) is 0 Å². The third kappa shape index (κ3) is 3.78. The number of amides is 1. The fourth-order valence-electron chi connectivity index (χ4n) is 3.39. The number of benzene rings is 1. The number of ketones is 1. The number of nitrogens with zero attached hydrogens (tertiary/aromatic N) is 1. The number of rotatable bonds is 6. The molecule has 0 unspecified atom stereocenters. The van der Waals surface area contributed by atoms with E-state index in [0.29, 0.717) is 16.8 Å². The van der Waals surface area contributed by atoms with Crippen molar-refractivity contribution in [3.8, 4) is 0 Å². The molecule has 29 heavy (non-hydrogen) atoms. The van der Waals surface area contributed by atoms with E-state index in [9.17, 15) is 19.2 Å². The van der Waals surface area contributed by atoms with Gasteiger partial charge in [-0.05, 0) is 50.1 Å². The van der Waals surface area contributed by atoms with E-state index in [4.69, 9.17) is 9.47 Å². The molecule has 2 heterocycles. The van der Waals surface area contributed by atoms with E-state index in [2.05, 4.69) is 4.98 Å². The first-order valence-electron chi connectivity index (χ1n) is 9.20. The van der Waals surface area contributed by atoms with Crippen LogP contribution in [0, 0.1) is 13.8 Å². The number of carbonyl (C=O) groups excluding carboxylic acids is 4. The Labute approximate surface area is 167 Å². The number of anilines is 1. The Hall–Kier alpha value is -3.42. The summed E-state index contributed by atoms with van der Waals surface area (Å²) in [5.41, 5.74) is 3.19. The molecule has 0 aliphatic carbocycles. The fourth-order valence-corrected chi connectivity index (χ4v) is 3.39. The first-order chi connectivity index (χ1) is 13.7. The summed E-state index contributed by atoms with van der Waals surface area (Å²) in [6, 6.07) is 4.97. The Morgan fingerprint density at radius 3 is 2.55 bits per heavy atom. The van der Waals surface area contributed by atoms with Crippen LogP contribution in [-0.2, 0) is 20.7 Å². The van der Waals surface area contributed by atoms with Crippen LogP contribution >= 0.6 is 0 Å². The average molecular weight is 398 g/mol. The largest absolute Gasteiger partial charge is 0.461 e. The number of Topliss-reactive ketones (excluding diaryl/α,β-unsaturated/α-hetero) is 1. The van der Waals surface area contributed by atoms with E-state index in [0.717, 1.165) is 11.3 Å². The van der Waals surface area contributed by atoms with E-state index >= 15 is 0 Å². The number of hydrogen-bond acceptors (Lipinski definition) is 6. The quantitative estimate of drug-likeness (QED) is 0.592. The molecule has 3 rings (SSSR count). The summed E-state index contributed by atoms with van der Waals surface area (Å²) in [4.78, 5) is 53.1. The molecule has 0 saturated carbocycles. The van der Waals surface area contributed by atoms with Crippen LogP contribution in [0.15, 0.2) is 18.2 Å². The monoisotopic (exact) mass is 398 g/mol. The average Bonchev–Trinajstić information content (AvgIpc) is 3.14. The summed E-state index contributed by atoms with van der Waals surface area (Å²) < 4.78 is 10.1. The minimum Gasteiger partial charge on any atom is -0.461 e. The standard InChI is InChI=1S/C21H22N2O6/c1-5-28-21(27)19-11(2)18(12(3)22-19)20(26)29-10-16(24)13-6-7-15-14(8-13)9-17(25)23(15)4/h6-8,22H,5,9-10H2,1-4H3. The van der Waals surface area contributed by atoms with Crippen molar-refractivity contribution >= 4 is 29.3 Å². The second-order valence-electron chi connectivity index (χ2n) is 6.82. The number of H-pyrrole nitrogens is 1. The van der Waals surface area contributed by atoms with Crippen molar-refractivity contribution in [2.24, 2.45) is 0 Å². The predicted octanol–water partition coefficient (Wildman–Crippen LogP) is 2.37. The Morgan fingerprint density at radius 2 is 1.86 bits per heavy atom. The van der Waals surface area contributed by atoms with Gasteiger partial charge in [0.15, 0.2) is 12.4 Å². The van der Waals surface area contributed by atoms with Crippen molar-refractivity contribution in [3.63, 3.8) is 0 Å². The van der Waals surface area contributed by atoms with Crippen LogP contribution in [0.1, 0.15) is 54.9 Å². The van der Waals surface area contributed by atoms with E-state index in [1.165, 1.54) is 0 Å². The molecular weight excluding hydrogens is 376 g/mol. The number of likely N-dealkylation sites (N-methyl/N-ethyl adjacent to an activating group) is 1. The first kappa shape index (κ1) is 20.3. The lowest BCUT2D eigenvalue weighted by atomic mass is 10.1. The molecule has 152 valence electrons. The van der Waals surface area contributed by atoms with Gasteiger partial charge >= 0.3 is 11.9 Å². The molecule has 0 bridgehead atoms. The van der Waals surface area contributed by atoms with Gasteiger partial charge in [0.25, 0.3) is 0 Å². The Balaban J connectivity index is 1.70. The molecule has 1 aliphatic heterocycles. The van der Waals surface area contributed by atoms with Crippen LogP contribution in [0.4, 0.5) is 5.69 Å². The van der Waals surface area contributed by atoms with Gasteiger partial charge in [-0.25, -0.2) is 9.59 Å².